The highest BCUT2D eigenvalue weighted by Crippen LogP contribution is 2.27. The Kier molecular flexibility index (Phi) is 3.18. The molecule has 1 aromatic carbocycles. The minimum atomic E-state index is -0.0560. The van der Waals surface area contributed by atoms with Crippen LogP contribution < -0.4 is 5.32 Å². The summed E-state index contributed by atoms with van der Waals surface area (Å²) in [6.45, 7) is 3.24. The van der Waals surface area contributed by atoms with E-state index in [0.717, 1.165) is 11.3 Å². The molecule has 0 saturated carbocycles. The molecule has 0 aliphatic carbocycles. The molecule has 2 fully saturated rings. The second kappa shape index (κ2) is 5.22. The average Bonchev–Trinajstić information content (AvgIpc) is 3.21. The van der Waals surface area contributed by atoms with E-state index in [9.17, 15) is 9.59 Å². The number of aromatic nitrogens is 2. The minimum absolute atomic E-state index is 0.0560. The van der Waals surface area contributed by atoms with Crippen molar-refractivity contribution < 1.29 is 9.59 Å². The molecule has 2 aromatic rings. The number of benzene rings is 1. The standard InChI is InChI=1S/C17H18N4O2/c1-10-2-4-11(5-3-10)13-7-14(20-19-13)17(23)21-8-12-6-16(22)18-15(12)9-21/h2-5,7,12,15H,6,8-9H2,1H3,(H,18,22)(H,19,20)/t12-,15+/m0/s1. The fourth-order valence-corrected chi connectivity index (χ4v) is 3.39. The summed E-state index contributed by atoms with van der Waals surface area (Å²) in [6, 6.07) is 9.93. The Morgan fingerprint density at radius 3 is 2.78 bits per heavy atom. The summed E-state index contributed by atoms with van der Waals surface area (Å²) in [5.74, 6) is 0.278. The summed E-state index contributed by atoms with van der Waals surface area (Å²) >= 11 is 0. The molecule has 0 unspecified atom stereocenters. The Labute approximate surface area is 133 Å². The summed E-state index contributed by atoms with van der Waals surface area (Å²) in [6.07, 6.45) is 0.520. The number of hydrogen-bond acceptors (Lipinski definition) is 3. The predicted octanol–water partition coefficient (Wildman–Crippen LogP) is 1.35. The number of amides is 2. The van der Waals surface area contributed by atoms with Crippen molar-refractivity contribution in [1.29, 1.82) is 0 Å². The Balaban J connectivity index is 1.50. The van der Waals surface area contributed by atoms with Crippen molar-refractivity contribution in [2.45, 2.75) is 19.4 Å². The minimum Gasteiger partial charge on any atom is -0.351 e. The highest BCUT2D eigenvalue weighted by atomic mass is 16.2. The van der Waals surface area contributed by atoms with Gasteiger partial charge in [-0.1, -0.05) is 29.8 Å². The van der Waals surface area contributed by atoms with Crippen molar-refractivity contribution in [3.8, 4) is 11.3 Å². The Bertz CT molecular complexity index is 749. The number of nitrogens with zero attached hydrogens (tertiary/aromatic N) is 2. The van der Waals surface area contributed by atoms with Gasteiger partial charge in [0.15, 0.2) is 0 Å². The lowest BCUT2D eigenvalue weighted by molar-refractivity contribution is -0.119. The molecule has 6 heteroatoms. The van der Waals surface area contributed by atoms with Crippen LogP contribution >= 0.6 is 0 Å². The highest BCUT2D eigenvalue weighted by molar-refractivity contribution is 5.94. The van der Waals surface area contributed by atoms with Gasteiger partial charge in [-0.3, -0.25) is 14.7 Å². The molecule has 0 bridgehead atoms. The Morgan fingerprint density at radius 2 is 2.04 bits per heavy atom. The molecule has 6 nitrogen and oxygen atoms in total. The van der Waals surface area contributed by atoms with E-state index in [1.54, 1.807) is 11.0 Å². The smallest absolute Gasteiger partial charge is 0.271 e. The molecule has 2 aliphatic heterocycles. The molecule has 2 amide bonds. The lowest BCUT2D eigenvalue weighted by Gasteiger charge is -2.15. The van der Waals surface area contributed by atoms with E-state index >= 15 is 0 Å². The second-order valence-electron chi connectivity index (χ2n) is 6.38. The van der Waals surface area contributed by atoms with Crippen LogP contribution in [0.15, 0.2) is 30.3 Å². The van der Waals surface area contributed by atoms with Crippen molar-refractivity contribution in [1.82, 2.24) is 20.4 Å². The zero-order chi connectivity index (χ0) is 16.0. The third-order valence-corrected chi connectivity index (χ3v) is 4.68. The van der Waals surface area contributed by atoms with Gasteiger partial charge in [0.1, 0.15) is 5.69 Å². The summed E-state index contributed by atoms with van der Waals surface area (Å²) in [7, 11) is 0. The number of H-pyrrole nitrogens is 1. The van der Waals surface area contributed by atoms with Gasteiger partial charge in [-0.2, -0.15) is 5.10 Å². The lowest BCUT2D eigenvalue weighted by Crippen LogP contribution is -2.35. The number of nitrogens with one attached hydrogen (secondary N) is 2. The third-order valence-electron chi connectivity index (χ3n) is 4.68. The van der Waals surface area contributed by atoms with Gasteiger partial charge >= 0.3 is 0 Å². The van der Waals surface area contributed by atoms with Crippen LogP contribution in [0.1, 0.15) is 22.5 Å². The number of likely N-dealkylation sites (tertiary alicyclic amines) is 1. The summed E-state index contributed by atoms with van der Waals surface area (Å²) in [4.78, 5) is 25.7. The van der Waals surface area contributed by atoms with Gasteiger partial charge in [0, 0.05) is 31.0 Å². The first-order valence-corrected chi connectivity index (χ1v) is 7.81. The highest BCUT2D eigenvalue weighted by Gasteiger charge is 2.41. The van der Waals surface area contributed by atoms with E-state index in [1.165, 1.54) is 5.56 Å². The molecule has 2 atom stereocenters. The average molecular weight is 310 g/mol. The first-order valence-electron chi connectivity index (χ1n) is 7.81. The van der Waals surface area contributed by atoms with Crippen LogP contribution in [0.4, 0.5) is 0 Å². The summed E-state index contributed by atoms with van der Waals surface area (Å²) in [5, 5.41) is 10.0. The molecule has 1 aromatic heterocycles. The van der Waals surface area contributed by atoms with E-state index < -0.39 is 0 Å². The Morgan fingerprint density at radius 1 is 1.26 bits per heavy atom. The van der Waals surface area contributed by atoms with E-state index in [0.29, 0.717) is 25.2 Å². The monoisotopic (exact) mass is 310 g/mol. The van der Waals surface area contributed by atoms with E-state index in [4.69, 9.17) is 0 Å². The van der Waals surface area contributed by atoms with Crippen molar-refractivity contribution in [3.63, 3.8) is 0 Å². The maximum absolute atomic E-state index is 12.6. The van der Waals surface area contributed by atoms with Crippen LogP contribution in [0.5, 0.6) is 0 Å². The zero-order valence-electron chi connectivity index (χ0n) is 12.9. The van der Waals surface area contributed by atoms with E-state index in [2.05, 4.69) is 15.5 Å². The van der Waals surface area contributed by atoms with Crippen LogP contribution in [-0.4, -0.2) is 46.0 Å². The van der Waals surface area contributed by atoms with Crippen molar-refractivity contribution in [2.75, 3.05) is 13.1 Å². The first-order chi connectivity index (χ1) is 11.1. The largest absolute Gasteiger partial charge is 0.351 e. The predicted molar refractivity (Wildman–Crippen MR) is 84.7 cm³/mol. The third kappa shape index (κ3) is 2.50. The maximum atomic E-state index is 12.6. The number of aromatic amines is 1. The van der Waals surface area contributed by atoms with E-state index in [-0.39, 0.29) is 23.8 Å². The van der Waals surface area contributed by atoms with Gasteiger partial charge in [0.2, 0.25) is 5.91 Å². The van der Waals surface area contributed by atoms with Gasteiger partial charge < -0.3 is 10.2 Å². The van der Waals surface area contributed by atoms with Gasteiger partial charge in [0.05, 0.1) is 11.7 Å². The van der Waals surface area contributed by atoms with Crippen molar-refractivity contribution in [3.05, 3.63) is 41.6 Å². The Hall–Kier alpha value is -2.63. The first kappa shape index (κ1) is 14.0. The molecule has 0 spiro atoms. The van der Waals surface area contributed by atoms with Gasteiger partial charge in [-0.15, -0.1) is 0 Å². The molecule has 23 heavy (non-hydrogen) atoms. The molecule has 118 valence electrons. The summed E-state index contributed by atoms with van der Waals surface area (Å²) < 4.78 is 0. The molecular weight excluding hydrogens is 292 g/mol. The zero-order valence-corrected chi connectivity index (χ0v) is 12.9. The molecule has 2 N–H and O–H groups in total. The SMILES string of the molecule is Cc1ccc(-c2cc(C(=O)N3C[C@@H]4CC(=O)N[C@@H]4C3)[nH]n2)cc1. The number of hydrogen-bond donors (Lipinski definition) is 2. The van der Waals surface area contributed by atoms with Crippen molar-refractivity contribution in [2.24, 2.45) is 5.92 Å². The molecule has 0 radical (unpaired) electrons. The summed E-state index contributed by atoms with van der Waals surface area (Å²) in [5.41, 5.74) is 3.43. The number of fused-ring (bicyclic) bond motifs is 1. The normalized spacial score (nSPS) is 23.0. The molecular formula is C17H18N4O2. The van der Waals surface area contributed by atoms with Gasteiger partial charge in [-0.25, -0.2) is 0 Å². The maximum Gasteiger partial charge on any atom is 0.271 e. The van der Waals surface area contributed by atoms with Crippen LogP contribution in [0.25, 0.3) is 11.3 Å². The molecule has 4 rings (SSSR count). The fourth-order valence-electron chi connectivity index (χ4n) is 3.39. The lowest BCUT2D eigenvalue weighted by atomic mass is 10.1. The molecule has 2 aliphatic rings. The van der Waals surface area contributed by atoms with Crippen LogP contribution in [-0.2, 0) is 4.79 Å². The van der Waals surface area contributed by atoms with Gasteiger partial charge in [0.25, 0.3) is 5.91 Å². The second-order valence-corrected chi connectivity index (χ2v) is 6.38. The van der Waals surface area contributed by atoms with Gasteiger partial charge in [-0.05, 0) is 13.0 Å². The number of rotatable bonds is 2. The van der Waals surface area contributed by atoms with Crippen LogP contribution in [0, 0.1) is 12.8 Å². The number of carbonyl (C=O) groups is 2. The molecule has 2 saturated heterocycles. The fraction of sp³-hybridized carbons (Fsp3) is 0.353. The van der Waals surface area contributed by atoms with E-state index in [1.807, 2.05) is 31.2 Å². The number of aryl methyl sites for hydroxylation is 1. The quantitative estimate of drug-likeness (QED) is 0.879. The number of carbonyl (C=O) groups excluding carboxylic acids is 2. The van der Waals surface area contributed by atoms with Crippen LogP contribution in [0.2, 0.25) is 0 Å². The topological polar surface area (TPSA) is 78.1 Å². The van der Waals surface area contributed by atoms with Crippen molar-refractivity contribution >= 4 is 11.8 Å². The van der Waals surface area contributed by atoms with Crippen LogP contribution in [0.3, 0.4) is 0 Å². The molecule has 3 heterocycles.